The van der Waals surface area contributed by atoms with Crippen molar-refractivity contribution in [1.29, 1.82) is 0 Å². The molecule has 1 fully saturated rings. The van der Waals surface area contributed by atoms with Crippen LogP contribution in [0.1, 0.15) is 41.2 Å². The van der Waals surface area contributed by atoms with Gasteiger partial charge in [0.1, 0.15) is 5.82 Å². The third-order valence-corrected chi connectivity index (χ3v) is 5.90. The summed E-state index contributed by atoms with van der Waals surface area (Å²) in [6.45, 7) is 4.43. The Balaban J connectivity index is 0.000000293. The van der Waals surface area contributed by atoms with Gasteiger partial charge in [-0.1, -0.05) is 29.8 Å². The minimum absolute atomic E-state index is 0.558. The summed E-state index contributed by atoms with van der Waals surface area (Å²) in [6, 6.07) is 8.94. The van der Waals surface area contributed by atoms with Gasteiger partial charge in [0, 0.05) is 43.6 Å². The maximum absolute atomic E-state index is 9.55. The Kier molecular flexibility index (Phi) is 7.07. The van der Waals surface area contributed by atoms with Crippen LogP contribution in [-0.2, 0) is 29.5 Å². The quantitative estimate of drug-likeness (QED) is 0.721. The largest absolute Gasteiger partial charge is 0.478 e. The number of likely N-dealkylation sites (tertiary alicyclic amines) is 1. The van der Waals surface area contributed by atoms with Crippen LogP contribution in [0.25, 0.3) is 5.57 Å². The monoisotopic (exact) mass is 423 g/mol. The van der Waals surface area contributed by atoms with E-state index in [2.05, 4.69) is 54.8 Å². The van der Waals surface area contributed by atoms with Crippen LogP contribution < -0.4 is 0 Å². The first-order chi connectivity index (χ1) is 14.8. The zero-order valence-electron chi connectivity index (χ0n) is 18.3. The number of rotatable bonds is 2. The molecule has 2 aromatic rings. The fourth-order valence-electron chi connectivity index (χ4n) is 4.14. The minimum Gasteiger partial charge on any atom is -0.478 e. The SMILES string of the molecule is Cc1nc2c(n1C)CCc1ccccc1C2=C1CCN(C)CC1.O=C(O)/C=C/C(=O)O. The van der Waals surface area contributed by atoms with Crippen LogP contribution in [0.2, 0.25) is 0 Å². The Morgan fingerprint density at radius 1 is 0.968 bits per heavy atom. The molecule has 0 radical (unpaired) electrons. The maximum Gasteiger partial charge on any atom is 0.328 e. The van der Waals surface area contributed by atoms with Crippen molar-refractivity contribution in [2.75, 3.05) is 20.1 Å². The summed E-state index contributed by atoms with van der Waals surface area (Å²) in [6.07, 6.45) is 5.63. The molecule has 4 rings (SSSR count). The number of aryl methyl sites for hydroxylation is 2. The van der Waals surface area contributed by atoms with E-state index in [1.165, 1.54) is 28.1 Å². The summed E-state index contributed by atoms with van der Waals surface area (Å²) in [5.41, 5.74) is 8.57. The Morgan fingerprint density at radius 2 is 1.58 bits per heavy atom. The number of nitrogens with zero attached hydrogens (tertiary/aromatic N) is 3. The van der Waals surface area contributed by atoms with Crippen LogP contribution >= 0.6 is 0 Å². The van der Waals surface area contributed by atoms with Gasteiger partial charge in [0.15, 0.2) is 0 Å². The molecule has 2 heterocycles. The van der Waals surface area contributed by atoms with Crippen molar-refractivity contribution in [2.45, 2.75) is 32.6 Å². The van der Waals surface area contributed by atoms with Gasteiger partial charge in [0.05, 0.1) is 5.69 Å². The second-order valence-corrected chi connectivity index (χ2v) is 7.96. The summed E-state index contributed by atoms with van der Waals surface area (Å²) in [5.74, 6) is -1.39. The van der Waals surface area contributed by atoms with Crippen LogP contribution in [0, 0.1) is 6.92 Å². The van der Waals surface area contributed by atoms with Gasteiger partial charge in [-0.15, -0.1) is 0 Å². The van der Waals surface area contributed by atoms with Crippen LogP contribution in [0.5, 0.6) is 0 Å². The zero-order valence-corrected chi connectivity index (χ0v) is 18.3. The molecular weight excluding hydrogens is 394 g/mol. The number of hydrogen-bond acceptors (Lipinski definition) is 4. The van der Waals surface area contributed by atoms with E-state index in [4.69, 9.17) is 15.2 Å². The van der Waals surface area contributed by atoms with Crippen LogP contribution in [0.3, 0.4) is 0 Å². The van der Waals surface area contributed by atoms with Crippen molar-refractivity contribution < 1.29 is 19.8 Å². The van der Waals surface area contributed by atoms with Gasteiger partial charge < -0.3 is 19.7 Å². The first-order valence-corrected chi connectivity index (χ1v) is 10.4. The topological polar surface area (TPSA) is 95.7 Å². The molecule has 0 spiro atoms. The Morgan fingerprint density at radius 3 is 2.19 bits per heavy atom. The van der Waals surface area contributed by atoms with Crippen molar-refractivity contribution in [1.82, 2.24) is 14.5 Å². The Hall–Kier alpha value is -3.19. The van der Waals surface area contributed by atoms with Gasteiger partial charge in [-0.3, -0.25) is 0 Å². The summed E-state index contributed by atoms with van der Waals surface area (Å²) in [5, 5.41) is 15.6. The number of carboxylic acids is 2. The fraction of sp³-hybridized carbons (Fsp3) is 0.375. The lowest BCUT2D eigenvalue weighted by molar-refractivity contribution is -0.134. The predicted octanol–water partition coefficient (Wildman–Crippen LogP) is 3.07. The molecule has 0 amide bonds. The molecule has 7 heteroatoms. The molecule has 1 aromatic carbocycles. The highest BCUT2D eigenvalue weighted by atomic mass is 16.4. The van der Waals surface area contributed by atoms with Gasteiger partial charge in [-0.05, 0) is 50.8 Å². The highest BCUT2D eigenvalue weighted by molar-refractivity contribution is 5.89. The second-order valence-electron chi connectivity index (χ2n) is 7.96. The molecule has 1 aliphatic carbocycles. The first-order valence-electron chi connectivity index (χ1n) is 10.4. The molecule has 0 atom stereocenters. The van der Waals surface area contributed by atoms with Gasteiger partial charge in [-0.25, -0.2) is 14.6 Å². The molecule has 2 N–H and O–H groups in total. The molecule has 1 aliphatic heterocycles. The number of benzene rings is 1. The molecule has 0 bridgehead atoms. The van der Waals surface area contributed by atoms with E-state index in [9.17, 15) is 9.59 Å². The first kappa shape index (κ1) is 22.5. The standard InChI is InChI=1S/C20H25N3.C4H4O4/c1-14-21-20-18(23(14)3)9-8-15-6-4-5-7-17(15)19(20)16-10-12-22(2)13-11-16;5-3(6)1-2-4(7)8/h4-7H,8-13H2,1-3H3;1-2H,(H,5,6)(H,7,8)/b;2-1+. The van der Waals surface area contributed by atoms with E-state index in [-0.39, 0.29) is 0 Å². The third kappa shape index (κ3) is 5.30. The van der Waals surface area contributed by atoms with Gasteiger partial charge >= 0.3 is 11.9 Å². The average Bonchev–Trinajstić information content (AvgIpc) is 2.92. The zero-order chi connectivity index (χ0) is 22.5. The summed E-state index contributed by atoms with van der Waals surface area (Å²) in [7, 11) is 4.38. The number of hydrogen-bond donors (Lipinski definition) is 2. The number of piperidine rings is 1. The summed E-state index contributed by atoms with van der Waals surface area (Å²) in [4.78, 5) is 26.5. The summed E-state index contributed by atoms with van der Waals surface area (Å²) >= 11 is 0. The molecule has 7 nitrogen and oxygen atoms in total. The van der Waals surface area contributed by atoms with Crippen molar-refractivity contribution in [3.63, 3.8) is 0 Å². The van der Waals surface area contributed by atoms with Gasteiger partial charge in [0.2, 0.25) is 0 Å². The maximum atomic E-state index is 9.55. The lowest BCUT2D eigenvalue weighted by Crippen LogP contribution is -2.27. The van der Waals surface area contributed by atoms with E-state index >= 15 is 0 Å². The number of imidazole rings is 1. The molecule has 1 saturated heterocycles. The van der Waals surface area contributed by atoms with E-state index in [1.807, 2.05) is 0 Å². The molecule has 31 heavy (non-hydrogen) atoms. The second kappa shape index (κ2) is 9.75. The van der Waals surface area contributed by atoms with Gasteiger partial charge in [0.25, 0.3) is 0 Å². The van der Waals surface area contributed by atoms with Crippen molar-refractivity contribution in [3.05, 3.63) is 70.3 Å². The lowest BCUT2D eigenvalue weighted by atomic mass is 9.89. The fourth-order valence-corrected chi connectivity index (χ4v) is 4.14. The normalized spacial score (nSPS) is 16.2. The van der Waals surface area contributed by atoms with E-state index in [1.54, 1.807) is 5.57 Å². The average molecular weight is 424 g/mol. The predicted molar refractivity (Wildman–Crippen MR) is 119 cm³/mol. The molecule has 164 valence electrons. The molecule has 0 unspecified atom stereocenters. The summed E-state index contributed by atoms with van der Waals surface area (Å²) < 4.78 is 2.29. The van der Waals surface area contributed by atoms with Crippen molar-refractivity contribution in [2.24, 2.45) is 7.05 Å². The van der Waals surface area contributed by atoms with Crippen LogP contribution in [0.4, 0.5) is 0 Å². The van der Waals surface area contributed by atoms with Crippen molar-refractivity contribution in [3.8, 4) is 0 Å². The minimum atomic E-state index is -1.26. The lowest BCUT2D eigenvalue weighted by Gasteiger charge is -2.26. The Labute approximate surface area is 182 Å². The third-order valence-electron chi connectivity index (χ3n) is 5.90. The van der Waals surface area contributed by atoms with Crippen LogP contribution in [0.15, 0.2) is 42.0 Å². The van der Waals surface area contributed by atoms with Crippen molar-refractivity contribution >= 4 is 17.5 Å². The van der Waals surface area contributed by atoms with Crippen LogP contribution in [-0.4, -0.2) is 56.7 Å². The number of aromatic nitrogens is 2. The molecule has 1 aromatic heterocycles. The number of carbonyl (C=O) groups is 2. The Bertz CT molecular complexity index is 1020. The number of aliphatic carboxylic acids is 2. The highest BCUT2D eigenvalue weighted by Crippen LogP contribution is 2.38. The molecule has 2 aliphatic rings. The molecular formula is C24H29N3O4. The smallest absolute Gasteiger partial charge is 0.328 e. The highest BCUT2D eigenvalue weighted by Gasteiger charge is 2.26. The van der Waals surface area contributed by atoms with E-state index in [0.717, 1.165) is 44.6 Å². The number of fused-ring (bicyclic) bond motifs is 2. The van der Waals surface area contributed by atoms with E-state index < -0.39 is 11.9 Å². The van der Waals surface area contributed by atoms with Gasteiger partial charge in [-0.2, -0.15) is 0 Å². The molecule has 0 saturated carbocycles. The number of carboxylic acid groups (broad SMARTS) is 2. The van der Waals surface area contributed by atoms with E-state index in [0.29, 0.717) is 12.2 Å².